The van der Waals surface area contributed by atoms with E-state index >= 15 is 0 Å². The molecule has 144 valence electrons. The number of rotatable bonds is 4. The fourth-order valence-electron chi connectivity index (χ4n) is 3.48. The molecular formula is C19H29IN4O2. The highest BCUT2D eigenvalue weighted by molar-refractivity contribution is 14.0. The van der Waals surface area contributed by atoms with Gasteiger partial charge in [-0.2, -0.15) is 0 Å². The lowest BCUT2D eigenvalue weighted by atomic mass is 9.97. The Morgan fingerprint density at radius 3 is 2.62 bits per heavy atom. The van der Waals surface area contributed by atoms with Crippen molar-refractivity contribution in [2.24, 2.45) is 4.99 Å². The van der Waals surface area contributed by atoms with E-state index in [1.165, 1.54) is 31.9 Å². The molecule has 1 amide bonds. The monoisotopic (exact) mass is 472 g/mol. The average Bonchev–Trinajstić information content (AvgIpc) is 3.20. The van der Waals surface area contributed by atoms with Crippen molar-refractivity contribution in [3.05, 3.63) is 35.8 Å². The molecule has 1 N–H and O–H groups in total. The van der Waals surface area contributed by atoms with Crippen LogP contribution in [-0.2, 0) is 0 Å². The Kier molecular flexibility index (Phi) is 8.47. The number of hydrogen-bond donors (Lipinski definition) is 1. The molecule has 0 aromatic carbocycles. The minimum absolute atomic E-state index is 0. The lowest BCUT2D eigenvalue weighted by molar-refractivity contribution is 0.0658. The van der Waals surface area contributed by atoms with E-state index in [4.69, 9.17) is 4.42 Å². The summed E-state index contributed by atoms with van der Waals surface area (Å²) in [6, 6.07) is 3.46. The summed E-state index contributed by atoms with van der Waals surface area (Å²) in [6.07, 6.45) is 10.2. The smallest absolute Gasteiger partial charge is 0.289 e. The first-order valence-corrected chi connectivity index (χ1v) is 9.24. The van der Waals surface area contributed by atoms with Crippen molar-refractivity contribution in [3.8, 4) is 0 Å². The number of nitrogens with one attached hydrogen (secondary N) is 1. The van der Waals surface area contributed by atoms with Crippen LogP contribution >= 0.6 is 24.0 Å². The van der Waals surface area contributed by atoms with Crippen molar-refractivity contribution >= 4 is 35.8 Å². The van der Waals surface area contributed by atoms with Crippen LogP contribution in [0, 0.1) is 0 Å². The second-order valence-electron chi connectivity index (χ2n) is 6.59. The van der Waals surface area contributed by atoms with E-state index in [9.17, 15) is 4.79 Å². The van der Waals surface area contributed by atoms with Gasteiger partial charge in [-0.25, -0.2) is 0 Å². The van der Waals surface area contributed by atoms with Crippen molar-refractivity contribution in [1.29, 1.82) is 0 Å². The Bertz CT molecular complexity index is 619. The van der Waals surface area contributed by atoms with Gasteiger partial charge >= 0.3 is 0 Å². The molecule has 0 unspecified atom stereocenters. The van der Waals surface area contributed by atoms with E-state index < -0.39 is 0 Å². The minimum atomic E-state index is -0.0307. The Balaban J connectivity index is 0.00000243. The van der Waals surface area contributed by atoms with Crippen LogP contribution in [0.25, 0.3) is 0 Å². The normalized spacial score (nSPS) is 18.2. The molecule has 26 heavy (non-hydrogen) atoms. The number of guanidine groups is 1. The molecule has 7 heteroatoms. The molecule has 0 bridgehead atoms. The van der Waals surface area contributed by atoms with Crippen LogP contribution in [0.15, 0.2) is 39.5 Å². The number of carbonyl (C=O) groups is 1. The van der Waals surface area contributed by atoms with E-state index in [2.05, 4.69) is 21.3 Å². The zero-order chi connectivity index (χ0) is 17.5. The fraction of sp³-hybridized carbons (Fsp3) is 0.579. The second-order valence-corrected chi connectivity index (χ2v) is 6.59. The van der Waals surface area contributed by atoms with Crippen LogP contribution in [0.4, 0.5) is 0 Å². The Hall–Kier alpha value is -1.51. The Morgan fingerprint density at radius 1 is 1.23 bits per heavy atom. The van der Waals surface area contributed by atoms with Gasteiger partial charge in [0, 0.05) is 39.8 Å². The first kappa shape index (κ1) is 20.8. The third kappa shape index (κ3) is 5.49. The number of nitrogens with zero attached hydrogens (tertiary/aromatic N) is 3. The van der Waals surface area contributed by atoms with Gasteiger partial charge in [0.2, 0.25) is 0 Å². The van der Waals surface area contributed by atoms with Crippen molar-refractivity contribution in [2.75, 3.05) is 39.8 Å². The maximum Gasteiger partial charge on any atom is 0.289 e. The van der Waals surface area contributed by atoms with Crippen molar-refractivity contribution in [1.82, 2.24) is 15.1 Å². The Labute approximate surface area is 172 Å². The molecule has 3 rings (SSSR count). The summed E-state index contributed by atoms with van der Waals surface area (Å²) in [6.45, 7) is 3.87. The van der Waals surface area contributed by atoms with Crippen LogP contribution < -0.4 is 5.32 Å². The molecule has 0 spiro atoms. The lowest BCUT2D eigenvalue weighted by Gasteiger charge is -2.36. The summed E-state index contributed by atoms with van der Waals surface area (Å²) in [7, 11) is 1.82. The number of furan rings is 1. The number of aliphatic imine (C=N–C) groups is 1. The summed E-state index contributed by atoms with van der Waals surface area (Å²) < 4.78 is 5.21. The molecule has 2 aliphatic rings. The summed E-state index contributed by atoms with van der Waals surface area (Å²) in [5.41, 5.74) is 1.57. The van der Waals surface area contributed by atoms with Crippen molar-refractivity contribution in [2.45, 2.75) is 32.1 Å². The quantitative estimate of drug-likeness (QED) is 0.317. The van der Waals surface area contributed by atoms with E-state index in [0.29, 0.717) is 18.8 Å². The molecule has 0 atom stereocenters. The maximum absolute atomic E-state index is 12.3. The third-order valence-corrected chi connectivity index (χ3v) is 4.92. The van der Waals surface area contributed by atoms with Gasteiger partial charge in [0.1, 0.15) is 0 Å². The summed E-state index contributed by atoms with van der Waals surface area (Å²) in [5, 5.41) is 3.47. The molecule has 1 saturated heterocycles. The number of allylic oxidation sites excluding steroid dienone is 1. The van der Waals surface area contributed by atoms with Gasteiger partial charge in [0.15, 0.2) is 11.7 Å². The van der Waals surface area contributed by atoms with Crippen molar-refractivity contribution in [3.63, 3.8) is 0 Å². The van der Waals surface area contributed by atoms with E-state index in [1.807, 2.05) is 11.9 Å². The maximum atomic E-state index is 12.3. The third-order valence-electron chi connectivity index (χ3n) is 4.92. The number of hydrogen-bond acceptors (Lipinski definition) is 3. The van der Waals surface area contributed by atoms with Gasteiger partial charge in [-0.3, -0.25) is 9.79 Å². The highest BCUT2D eigenvalue weighted by Gasteiger charge is 2.25. The van der Waals surface area contributed by atoms with Crippen LogP contribution in [0.3, 0.4) is 0 Å². The average molecular weight is 472 g/mol. The van der Waals surface area contributed by atoms with Gasteiger partial charge in [0.05, 0.1) is 6.26 Å². The summed E-state index contributed by atoms with van der Waals surface area (Å²) in [4.78, 5) is 20.8. The van der Waals surface area contributed by atoms with Gasteiger partial charge < -0.3 is 19.5 Å². The molecular weight excluding hydrogens is 443 g/mol. The highest BCUT2D eigenvalue weighted by atomic mass is 127. The molecule has 1 aromatic rings. The predicted octanol–water partition coefficient (Wildman–Crippen LogP) is 3.12. The van der Waals surface area contributed by atoms with Crippen LogP contribution in [0.1, 0.15) is 42.7 Å². The molecule has 2 heterocycles. The lowest BCUT2D eigenvalue weighted by Crippen LogP contribution is -2.53. The largest absolute Gasteiger partial charge is 0.459 e. The standard InChI is InChI=1S/C19H28N4O2.HI/c1-20-19(21-10-9-16-6-3-2-4-7-16)23-13-11-22(12-14-23)18(24)17-8-5-15-25-17;/h5-6,8,15H,2-4,7,9-14H2,1H3,(H,20,21);1H. The molecule has 1 aliphatic carbocycles. The molecule has 0 radical (unpaired) electrons. The SMILES string of the molecule is CN=C(NCCC1=CCCCC1)N1CCN(C(=O)c2ccco2)CC1.I. The predicted molar refractivity (Wildman–Crippen MR) is 114 cm³/mol. The van der Waals surface area contributed by atoms with Gasteiger partial charge in [0.25, 0.3) is 5.91 Å². The van der Waals surface area contributed by atoms with E-state index in [-0.39, 0.29) is 29.9 Å². The van der Waals surface area contributed by atoms with Gasteiger partial charge in [-0.05, 0) is 44.2 Å². The first-order chi connectivity index (χ1) is 12.3. The van der Waals surface area contributed by atoms with Crippen LogP contribution in [0.5, 0.6) is 0 Å². The molecule has 1 aliphatic heterocycles. The molecule has 6 nitrogen and oxygen atoms in total. The Morgan fingerprint density at radius 2 is 2.00 bits per heavy atom. The van der Waals surface area contributed by atoms with Crippen molar-refractivity contribution < 1.29 is 9.21 Å². The second kappa shape index (κ2) is 10.6. The topological polar surface area (TPSA) is 61.1 Å². The van der Waals surface area contributed by atoms with E-state index in [0.717, 1.165) is 32.0 Å². The van der Waals surface area contributed by atoms with Gasteiger partial charge in [-0.1, -0.05) is 11.6 Å². The van der Waals surface area contributed by atoms with E-state index in [1.54, 1.807) is 17.7 Å². The molecule has 1 aromatic heterocycles. The zero-order valence-electron chi connectivity index (χ0n) is 15.4. The minimum Gasteiger partial charge on any atom is -0.459 e. The fourth-order valence-corrected chi connectivity index (χ4v) is 3.48. The number of halogens is 1. The highest BCUT2D eigenvalue weighted by Crippen LogP contribution is 2.19. The number of amides is 1. The summed E-state index contributed by atoms with van der Waals surface area (Å²) >= 11 is 0. The summed E-state index contributed by atoms with van der Waals surface area (Å²) in [5.74, 6) is 1.31. The zero-order valence-corrected chi connectivity index (χ0v) is 17.8. The molecule has 1 fully saturated rings. The van der Waals surface area contributed by atoms with Crippen LogP contribution in [-0.4, -0.2) is 61.4 Å². The number of carbonyl (C=O) groups excluding carboxylic acids is 1. The molecule has 0 saturated carbocycles. The van der Waals surface area contributed by atoms with Crippen LogP contribution in [0.2, 0.25) is 0 Å². The number of piperazine rings is 1. The van der Waals surface area contributed by atoms with Gasteiger partial charge in [-0.15, -0.1) is 24.0 Å². The first-order valence-electron chi connectivity index (χ1n) is 9.24.